The minimum atomic E-state index is 0.0872. The lowest BCUT2D eigenvalue weighted by molar-refractivity contribution is 0.560. The van der Waals surface area contributed by atoms with E-state index in [1.54, 1.807) is 11.3 Å². The van der Waals surface area contributed by atoms with Gasteiger partial charge in [-0.15, -0.1) is 11.3 Å². The molecule has 0 spiro atoms. The van der Waals surface area contributed by atoms with Gasteiger partial charge < -0.3 is 15.1 Å². The van der Waals surface area contributed by atoms with Gasteiger partial charge in [0.2, 0.25) is 0 Å². The van der Waals surface area contributed by atoms with Crippen molar-refractivity contribution in [3.8, 4) is 0 Å². The standard InChI is InChI=1S/C8H9BrN4OS/c1-13(8-12-11-7(10)14-8)3-6-2-5(9)4-15-6/h2,4H,3H2,1H3,(H2,10,11). The highest BCUT2D eigenvalue weighted by Gasteiger charge is 2.10. The summed E-state index contributed by atoms with van der Waals surface area (Å²) in [5.74, 6) is 0. The van der Waals surface area contributed by atoms with Gasteiger partial charge in [-0.1, -0.05) is 10.2 Å². The molecule has 80 valence electrons. The molecule has 15 heavy (non-hydrogen) atoms. The van der Waals surface area contributed by atoms with Crippen molar-refractivity contribution in [2.45, 2.75) is 6.54 Å². The lowest BCUT2D eigenvalue weighted by Crippen LogP contribution is -2.15. The molecule has 5 nitrogen and oxygen atoms in total. The number of halogens is 1. The molecule has 0 saturated carbocycles. The molecule has 0 aromatic carbocycles. The maximum Gasteiger partial charge on any atom is 0.319 e. The zero-order valence-corrected chi connectivity index (χ0v) is 10.4. The minimum Gasteiger partial charge on any atom is -0.390 e. The summed E-state index contributed by atoms with van der Waals surface area (Å²) >= 11 is 5.07. The summed E-state index contributed by atoms with van der Waals surface area (Å²) in [6, 6.07) is 2.57. The average Bonchev–Trinajstić information content (AvgIpc) is 2.75. The van der Waals surface area contributed by atoms with Crippen LogP contribution in [0.1, 0.15) is 4.88 Å². The zero-order chi connectivity index (χ0) is 10.8. The van der Waals surface area contributed by atoms with E-state index in [0.29, 0.717) is 6.01 Å². The lowest BCUT2D eigenvalue weighted by atomic mass is 10.4. The zero-order valence-electron chi connectivity index (χ0n) is 7.98. The van der Waals surface area contributed by atoms with Crippen molar-refractivity contribution in [2.24, 2.45) is 0 Å². The number of thiophene rings is 1. The van der Waals surface area contributed by atoms with Crippen LogP contribution in [0.4, 0.5) is 12.0 Å². The Morgan fingerprint density at radius 1 is 1.60 bits per heavy atom. The second-order valence-corrected chi connectivity index (χ2v) is 4.92. The van der Waals surface area contributed by atoms with Gasteiger partial charge in [-0.2, -0.15) is 0 Å². The molecule has 0 saturated heterocycles. The summed E-state index contributed by atoms with van der Waals surface area (Å²) in [4.78, 5) is 3.06. The molecule has 2 rings (SSSR count). The van der Waals surface area contributed by atoms with Gasteiger partial charge in [-0.3, -0.25) is 0 Å². The van der Waals surface area contributed by atoms with Crippen molar-refractivity contribution in [3.05, 3.63) is 20.8 Å². The number of nitrogens with zero attached hydrogens (tertiary/aromatic N) is 3. The van der Waals surface area contributed by atoms with E-state index in [-0.39, 0.29) is 6.01 Å². The Bertz CT molecular complexity index is 455. The fourth-order valence-corrected chi connectivity index (χ4v) is 2.62. The maximum atomic E-state index is 5.34. The van der Waals surface area contributed by atoms with Crippen molar-refractivity contribution in [1.82, 2.24) is 10.2 Å². The van der Waals surface area contributed by atoms with Crippen molar-refractivity contribution in [3.63, 3.8) is 0 Å². The van der Waals surface area contributed by atoms with Gasteiger partial charge in [0.1, 0.15) is 0 Å². The molecule has 0 aliphatic rings. The minimum absolute atomic E-state index is 0.0872. The van der Waals surface area contributed by atoms with E-state index < -0.39 is 0 Å². The van der Waals surface area contributed by atoms with Gasteiger partial charge in [0, 0.05) is 21.8 Å². The predicted molar refractivity (Wildman–Crippen MR) is 62.8 cm³/mol. The van der Waals surface area contributed by atoms with Crippen molar-refractivity contribution in [2.75, 3.05) is 17.7 Å². The van der Waals surface area contributed by atoms with Crippen LogP contribution in [0.3, 0.4) is 0 Å². The first-order valence-corrected chi connectivity index (χ1v) is 5.85. The molecule has 0 radical (unpaired) electrons. The second-order valence-electron chi connectivity index (χ2n) is 3.01. The number of rotatable bonds is 3. The summed E-state index contributed by atoms with van der Waals surface area (Å²) in [5.41, 5.74) is 5.34. The van der Waals surface area contributed by atoms with Gasteiger partial charge in [-0.25, -0.2) is 0 Å². The van der Waals surface area contributed by atoms with Crippen LogP contribution in [0.5, 0.6) is 0 Å². The molecule has 0 fully saturated rings. The summed E-state index contributed by atoms with van der Waals surface area (Å²) in [7, 11) is 1.88. The topological polar surface area (TPSA) is 68.2 Å². The lowest BCUT2D eigenvalue weighted by Gasteiger charge is -2.11. The highest BCUT2D eigenvalue weighted by molar-refractivity contribution is 9.10. The first-order chi connectivity index (χ1) is 7.15. The summed E-state index contributed by atoms with van der Waals surface area (Å²) in [6.07, 6.45) is 0. The van der Waals surface area contributed by atoms with E-state index in [0.717, 1.165) is 11.0 Å². The third kappa shape index (κ3) is 2.48. The molecular weight excluding hydrogens is 280 g/mol. The molecule has 0 amide bonds. The van der Waals surface area contributed by atoms with Crippen LogP contribution >= 0.6 is 27.3 Å². The average molecular weight is 289 g/mol. The largest absolute Gasteiger partial charge is 0.390 e. The van der Waals surface area contributed by atoms with Crippen LogP contribution in [-0.4, -0.2) is 17.2 Å². The number of aromatic nitrogens is 2. The number of anilines is 2. The van der Waals surface area contributed by atoms with Crippen LogP contribution in [0.25, 0.3) is 0 Å². The van der Waals surface area contributed by atoms with Crippen LogP contribution in [0.15, 0.2) is 20.3 Å². The molecule has 7 heteroatoms. The molecule has 2 N–H and O–H groups in total. The molecule has 0 bridgehead atoms. The predicted octanol–water partition coefficient (Wildman–Crippen LogP) is 2.11. The second kappa shape index (κ2) is 4.19. The van der Waals surface area contributed by atoms with Crippen LogP contribution in [0, 0.1) is 0 Å². The van der Waals surface area contributed by atoms with Gasteiger partial charge >= 0.3 is 12.0 Å². The van der Waals surface area contributed by atoms with E-state index in [2.05, 4.69) is 32.2 Å². The molecule has 0 unspecified atom stereocenters. The number of nitrogens with two attached hydrogens (primary N) is 1. The van der Waals surface area contributed by atoms with Gasteiger partial charge in [0.15, 0.2) is 0 Å². The fourth-order valence-electron chi connectivity index (χ4n) is 1.12. The number of nitrogen functional groups attached to an aromatic ring is 1. The monoisotopic (exact) mass is 288 g/mol. The molecule has 2 heterocycles. The quantitative estimate of drug-likeness (QED) is 0.937. The Labute approximate surface area is 99.0 Å². The molecular formula is C8H9BrN4OS. The summed E-state index contributed by atoms with van der Waals surface area (Å²) in [5, 5.41) is 9.43. The summed E-state index contributed by atoms with van der Waals surface area (Å²) in [6.45, 7) is 0.720. The molecule has 0 aliphatic carbocycles. The van der Waals surface area contributed by atoms with E-state index in [1.165, 1.54) is 4.88 Å². The third-order valence-corrected chi connectivity index (χ3v) is 3.45. The van der Waals surface area contributed by atoms with Crippen molar-refractivity contribution < 1.29 is 4.42 Å². The van der Waals surface area contributed by atoms with E-state index in [1.807, 2.05) is 17.3 Å². The van der Waals surface area contributed by atoms with Crippen LogP contribution in [0.2, 0.25) is 0 Å². The van der Waals surface area contributed by atoms with E-state index >= 15 is 0 Å². The Kier molecular flexibility index (Phi) is 2.92. The number of hydrogen-bond acceptors (Lipinski definition) is 6. The Balaban J connectivity index is 2.06. The van der Waals surface area contributed by atoms with Crippen molar-refractivity contribution in [1.29, 1.82) is 0 Å². The maximum absolute atomic E-state index is 5.34. The molecule has 0 atom stereocenters. The first-order valence-electron chi connectivity index (χ1n) is 4.18. The Hall–Kier alpha value is -1.08. The highest BCUT2D eigenvalue weighted by atomic mass is 79.9. The smallest absolute Gasteiger partial charge is 0.319 e. The Morgan fingerprint density at radius 3 is 2.93 bits per heavy atom. The van der Waals surface area contributed by atoms with Gasteiger partial charge in [-0.05, 0) is 22.0 Å². The van der Waals surface area contributed by atoms with Gasteiger partial charge in [0.25, 0.3) is 0 Å². The third-order valence-electron chi connectivity index (χ3n) is 1.77. The van der Waals surface area contributed by atoms with Crippen LogP contribution < -0.4 is 10.6 Å². The first kappa shape index (κ1) is 10.4. The number of hydrogen-bond donors (Lipinski definition) is 1. The van der Waals surface area contributed by atoms with Crippen LogP contribution in [-0.2, 0) is 6.54 Å². The summed E-state index contributed by atoms with van der Waals surface area (Å²) < 4.78 is 6.18. The normalized spacial score (nSPS) is 10.5. The van der Waals surface area contributed by atoms with E-state index in [4.69, 9.17) is 10.2 Å². The molecule has 0 aliphatic heterocycles. The molecule has 2 aromatic rings. The van der Waals surface area contributed by atoms with Gasteiger partial charge in [0.05, 0.1) is 6.54 Å². The van der Waals surface area contributed by atoms with E-state index in [9.17, 15) is 0 Å². The fraction of sp³-hybridized carbons (Fsp3) is 0.250. The SMILES string of the molecule is CN(Cc1cc(Br)cs1)c1nnc(N)o1. The highest BCUT2D eigenvalue weighted by Crippen LogP contribution is 2.22. The molecule has 2 aromatic heterocycles. The van der Waals surface area contributed by atoms with Crippen molar-refractivity contribution >= 4 is 39.3 Å². The Morgan fingerprint density at radius 2 is 2.40 bits per heavy atom.